The summed E-state index contributed by atoms with van der Waals surface area (Å²) in [6, 6.07) is 16.6. The fourth-order valence-corrected chi connectivity index (χ4v) is 3.52. The van der Waals surface area contributed by atoms with E-state index in [0.717, 1.165) is 29.8 Å². The zero-order chi connectivity index (χ0) is 23.5. The lowest BCUT2D eigenvalue weighted by Crippen LogP contribution is -2.26. The minimum atomic E-state index is -1.01. The zero-order valence-electron chi connectivity index (χ0n) is 17.6. The second-order valence-electron chi connectivity index (χ2n) is 7.59. The predicted molar refractivity (Wildman–Crippen MR) is 116 cm³/mol. The maximum atomic E-state index is 13.9. The second kappa shape index (κ2) is 9.17. The first-order valence-corrected chi connectivity index (χ1v) is 10.0. The standard InChI is InChI=1S/C25H18F4N4/c1-16-2-6-20(7-3-16)33-25(19(12-30)13-31-33)32(14-17-4-8-21(26)23(28)10-17)15-18-5-9-22(27)24(29)11-18/h2-11,13H,14-15H2,1H3. The molecule has 3 aromatic carbocycles. The summed E-state index contributed by atoms with van der Waals surface area (Å²) in [6.45, 7) is 2.05. The van der Waals surface area contributed by atoms with Crippen LogP contribution in [-0.4, -0.2) is 9.78 Å². The third-order valence-electron chi connectivity index (χ3n) is 5.16. The molecule has 166 valence electrons. The maximum absolute atomic E-state index is 13.9. The van der Waals surface area contributed by atoms with Gasteiger partial charge in [0, 0.05) is 13.1 Å². The fraction of sp³-hybridized carbons (Fsp3) is 0.120. The third-order valence-corrected chi connectivity index (χ3v) is 5.16. The summed E-state index contributed by atoms with van der Waals surface area (Å²) >= 11 is 0. The highest BCUT2D eigenvalue weighted by atomic mass is 19.2. The lowest BCUT2D eigenvalue weighted by Gasteiger charge is -2.26. The number of halogens is 4. The van der Waals surface area contributed by atoms with E-state index in [4.69, 9.17) is 0 Å². The fourth-order valence-electron chi connectivity index (χ4n) is 3.52. The molecule has 0 aliphatic carbocycles. The molecule has 8 heteroatoms. The van der Waals surface area contributed by atoms with Crippen LogP contribution >= 0.6 is 0 Å². The van der Waals surface area contributed by atoms with E-state index >= 15 is 0 Å². The van der Waals surface area contributed by atoms with Crippen LogP contribution in [-0.2, 0) is 13.1 Å². The molecule has 0 amide bonds. The summed E-state index contributed by atoms with van der Waals surface area (Å²) in [7, 11) is 0. The van der Waals surface area contributed by atoms with E-state index in [-0.39, 0.29) is 18.7 Å². The minimum Gasteiger partial charge on any atom is -0.347 e. The first-order valence-electron chi connectivity index (χ1n) is 10.0. The molecule has 0 aliphatic rings. The second-order valence-corrected chi connectivity index (χ2v) is 7.59. The van der Waals surface area contributed by atoms with Crippen molar-refractivity contribution in [2.24, 2.45) is 0 Å². The van der Waals surface area contributed by atoms with E-state index in [9.17, 15) is 22.8 Å². The van der Waals surface area contributed by atoms with E-state index in [1.165, 1.54) is 18.3 Å². The summed E-state index contributed by atoms with van der Waals surface area (Å²) < 4.78 is 56.2. The first kappa shape index (κ1) is 22.1. The summed E-state index contributed by atoms with van der Waals surface area (Å²) in [6.07, 6.45) is 1.40. The number of aryl methyl sites for hydroxylation is 1. The number of hydrogen-bond donors (Lipinski definition) is 0. The van der Waals surface area contributed by atoms with Gasteiger partial charge >= 0.3 is 0 Å². The van der Waals surface area contributed by atoms with Crippen LogP contribution < -0.4 is 4.90 Å². The van der Waals surface area contributed by atoms with Gasteiger partial charge in [0.05, 0.1) is 11.9 Å². The molecule has 0 aliphatic heterocycles. The molecule has 1 heterocycles. The van der Waals surface area contributed by atoms with Gasteiger partial charge in [-0.15, -0.1) is 0 Å². The molecule has 4 aromatic rings. The average molecular weight is 450 g/mol. The molecule has 33 heavy (non-hydrogen) atoms. The quantitative estimate of drug-likeness (QED) is 0.348. The van der Waals surface area contributed by atoms with Gasteiger partial charge in [0.2, 0.25) is 0 Å². The number of anilines is 1. The van der Waals surface area contributed by atoms with Crippen molar-refractivity contribution in [2.45, 2.75) is 20.0 Å². The molecule has 0 atom stereocenters. The number of nitrogens with zero attached hydrogens (tertiary/aromatic N) is 4. The highest BCUT2D eigenvalue weighted by Crippen LogP contribution is 2.28. The third kappa shape index (κ3) is 4.72. The molecule has 0 radical (unpaired) electrons. The van der Waals surface area contributed by atoms with E-state index in [0.29, 0.717) is 22.6 Å². The average Bonchev–Trinajstić information content (AvgIpc) is 3.23. The van der Waals surface area contributed by atoms with Crippen molar-refractivity contribution < 1.29 is 17.6 Å². The number of rotatable bonds is 6. The Bertz CT molecular complexity index is 1290. The van der Waals surface area contributed by atoms with Gasteiger partial charge < -0.3 is 4.90 Å². The zero-order valence-corrected chi connectivity index (χ0v) is 17.6. The van der Waals surface area contributed by atoms with Crippen LogP contribution in [0.4, 0.5) is 23.4 Å². The Labute approximate surface area is 187 Å². The van der Waals surface area contributed by atoms with Gasteiger partial charge in [0.1, 0.15) is 11.6 Å². The van der Waals surface area contributed by atoms with Gasteiger partial charge in [-0.2, -0.15) is 10.4 Å². The van der Waals surface area contributed by atoms with Crippen LogP contribution in [0.1, 0.15) is 22.3 Å². The van der Waals surface area contributed by atoms with Gasteiger partial charge in [0.25, 0.3) is 0 Å². The Morgan fingerprint density at radius 3 is 1.85 bits per heavy atom. The summed E-state index contributed by atoms with van der Waals surface area (Å²) in [4.78, 5) is 1.69. The van der Waals surface area contributed by atoms with Crippen LogP contribution in [0.5, 0.6) is 0 Å². The Kier molecular flexibility index (Phi) is 6.13. The van der Waals surface area contributed by atoms with E-state index in [1.807, 2.05) is 31.2 Å². The normalized spacial score (nSPS) is 10.8. The Morgan fingerprint density at radius 1 is 0.818 bits per heavy atom. The molecule has 0 saturated heterocycles. The molecular weight excluding hydrogens is 432 g/mol. The summed E-state index contributed by atoms with van der Waals surface area (Å²) in [5.41, 5.74) is 2.81. The van der Waals surface area contributed by atoms with E-state index in [2.05, 4.69) is 11.2 Å². The van der Waals surface area contributed by atoms with Crippen LogP contribution in [0.2, 0.25) is 0 Å². The van der Waals surface area contributed by atoms with Crippen LogP contribution in [0.25, 0.3) is 5.69 Å². The molecule has 0 unspecified atom stereocenters. The van der Waals surface area contributed by atoms with Crippen molar-refractivity contribution in [3.63, 3.8) is 0 Å². The van der Waals surface area contributed by atoms with Gasteiger partial charge in [-0.3, -0.25) is 0 Å². The van der Waals surface area contributed by atoms with Gasteiger partial charge in [0.15, 0.2) is 29.1 Å². The number of benzene rings is 3. The van der Waals surface area contributed by atoms with Crippen molar-refractivity contribution >= 4 is 5.82 Å². The van der Waals surface area contributed by atoms with Crippen molar-refractivity contribution in [1.82, 2.24) is 9.78 Å². The molecular formula is C25H18F4N4. The predicted octanol–water partition coefficient (Wildman–Crippen LogP) is 5.82. The van der Waals surface area contributed by atoms with E-state index in [1.54, 1.807) is 9.58 Å². The molecule has 4 nitrogen and oxygen atoms in total. The highest BCUT2D eigenvalue weighted by molar-refractivity contribution is 5.58. The van der Waals surface area contributed by atoms with Gasteiger partial charge in [-0.05, 0) is 54.4 Å². The number of nitriles is 1. The van der Waals surface area contributed by atoms with Gasteiger partial charge in [-0.25, -0.2) is 22.2 Å². The monoisotopic (exact) mass is 450 g/mol. The van der Waals surface area contributed by atoms with Gasteiger partial charge in [-0.1, -0.05) is 29.8 Å². The van der Waals surface area contributed by atoms with E-state index < -0.39 is 23.3 Å². The molecule has 0 N–H and O–H groups in total. The molecule has 0 spiro atoms. The van der Waals surface area contributed by atoms with Crippen LogP contribution in [0, 0.1) is 41.5 Å². The van der Waals surface area contributed by atoms with Crippen LogP contribution in [0.15, 0.2) is 66.9 Å². The maximum Gasteiger partial charge on any atom is 0.159 e. The number of aromatic nitrogens is 2. The van der Waals surface area contributed by atoms with Crippen molar-refractivity contribution in [3.8, 4) is 11.8 Å². The molecule has 4 rings (SSSR count). The lowest BCUT2D eigenvalue weighted by molar-refractivity contribution is 0.505. The molecule has 1 aromatic heterocycles. The topological polar surface area (TPSA) is 44.9 Å². The molecule has 0 saturated carbocycles. The summed E-state index contributed by atoms with van der Waals surface area (Å²) in [5.74, 6) is -3.59. The molecule has 0 fully saturated rings. The van der Waals surface area contributed by atoms with Crippen molar-refractivity contribution in [1.29, 1.82) is 5.26 Å². The first-order chi connectivity index (χ1) is 15.9. The number of hydrogen-bond acceptors (Lipinski definition) is 3. The largest absolute Gasteiger partial charge is 0.347 e. The van der Waals surface area contributed by atoms with Crippen molar-refractivity contribution in [2.75, 3.05) is 4.90 Å². The van der Waals surface area contributed by atoms with Crippen LogP contribution in [0.3, 0.4) is 0 Å². The Balaban J connectivity index is 1.82. The lowest BCUT2D eigenvalue weighted by atomic mass is 10.1. The minimum absolute atomic E-state index is 0.0580. The Hall–Kier alpha value is -4.12. The highest BCUT2D eigenvalue weighted by Gasteiger charge is 2.21. The summed E-state index contributed by atoms with van der Waals surface area (Å²) in [5, 5.41) is 14.1. The van der Waals surface area contributed by atoms with Crippen molar-refractivity contribution in [3.05, 3.63) is 112 Å². The SMILES string of the molecule is Cc1ccc(-n2ncc(C#N)c2N(Cc2ccc(F)c(F)c2)Cc2ccc(F)c(F)c2)cc1. The molecule has 0 bridgehead atoms. The Morgan fingerprint density at radius 2 is 1.36 bits per heavy atom. The smallest absolute Gasteiger partial charge is 0.159 e.